The Balaban J connectivity index is 2.41. The third-order valence-electron chi connectivity index (χ3n) is 2.71. The maximum absolute atomic E-state index is 11.4. The molecule has 21 heavy (non-hydrogen) atoms. The van der Waals surface area contributed by atoms with E-state index in [9.17, 15) is 14.2 Å². The van der Waals surface area contributed by atoms with Crippen LogP contribution in [0.1, 0.15) is 12.0 Å². The van der Waals surface area contributed by atoms with Crippen LogP contribution in [0.5, 0.6) is 0 Å². The van der Waals surface area contributed by atoms with Crippen molar-refractivity contribution in [2.45, 2.75) is 6.42 Å². The first-order valence-corrected chi connectivity index (χ1v) is 8.52. The van der Waals surface area contributed by atoms with Crippen LogP contribution in [0.25, 0.3) is 17.1 Å². The molecule has 4 N–H and O–H groups in total. The Morgan fingerprint density at radius 3 is 2.52 bits per heavy atom. The summed E-state index contributed by atoms with van der Waals surface area (Å²) in [5.74, 6) is 0. The van der Waals surface area contributed by atoms with Gasteiger partial charge in [-0.1, -0.05) is 28.1 Å². The van der Waals surface area contributed by atoms with Crippen LogP contribution in [0.15, 0.2) is 32.3 Å². The van der Waals surface area contributed by atoms with E-state index in [0.717, 1.165) is 0 Å². The molecule has 1 aromatic heterocycles. The molecule has 0 radical (unpaired) electrons. The lowest BCUT2D eigenvalue weighted by Crippen LogP contribution is -2.29. The third kappa shape index (κ3) is 4.25. The molecule has 0 aliphatic heterocycles. The first-order chi connectivity index (χ1) is 9.76. The smallest absolute Gasteiger partial charge is 0.324 e. The Kier molecular flexibility index (Phi) is 4.63. The highest BCUT2D eigenvalue weighted by molar-refractivity contribution is 9.10. The fourth-order valence-electron chi connectivity index (χ4n) is 1.80. The summed E-state index contributed by atoms with van der Waals surface area (Å²) in [6, 6.07) is 3.38. The number of H-pyrrole nitrogens is 2. The topological polar surface area (TPSA) is 123 Å². The Bertz CT molecular complexity index is 864. The number of aromatic nitrogens is 2. The van der Waals surface area contributed by atoms with Crippen molar-refractivity contribution >= 4 is 40.6 Å². The van der Waals surface area contributed by atoms with E-state index in [1.165, 1.54) is 0 Å². The van der Waals surface area contributed by atoms with E-state index in [4.69, 9.17) is 9.79 Å². The van der Waals surface area contributed by atoms with Gasteiger partial charge in [-0.3, -0.25) is 14.2 Å². The van der Waals surface area contributed by atoms with Gasteiger partial charge in [-0.15, -0.1) is 0 Å². The largest absolute Gasteiger partial charge is 0.325 e. The van der Waals surface area contributed by atoms with Crippen molar-refractivity contribution in [1.29, 1.82) is 0 Å². The summed E-state index contributed by atoms with van der Waals surface area (Å²) in [5.41, 5.74) is 0.0454. The zero-order chi connectivity index (χ0) is 15.6. The van der Waals surface area contributed by atoms with Gasteiger partial charge >= 0.3 is 18.7 Å². The summed E-state index contributed by atoms with van der Waals surface area (Å²) in [6.07, 6.45) is 3.19. The molecule has 0 bridgehead atoms. The zero-order valence-corrected chi connectivity index (χ0v) is 13.1. The van der Waals surface area contributed by atoms with Crippen LogP contribution in [0, 0.1) is 0 Å². The SMILES string of the molecule is O=c1[nH]c2cc(Br)cc(C=CCCP(=O)(O)O)c2[nH]c1=O. The van der Waals surface area contributed by atoms with Gasteiger partial charge in [0.1, 0.15) is 0 Å². The van der Waals surface area contributed by atoms with Crippen LogP contribution < -0.4 is 11.1 Å². The molecule has 0 saturated heterocycles. The number of aromatic amines is 2. The molecule has 0 aliphatic carbocycles. The summed E-state index contributed by atoms with van der Waals surface area (Å²) < 4.78 is 11.5. The van der Waals surface area contributed by atoms with Gasteiger partial charge in [-0.25, -0.2) is 0 Å². The highest BCUT2D eigenvalue weighted by atomic mass is 79.9. The Labute approximate surface area is 127 Å². The van der Waals surface area contributed by atoms with E-state index in [2.05, 4.69) is 25.9 Å². The van der Waals surface area contributed by atoms with Crippen LogP contribution in [0.3, 0.4) is 0 Å². The lowest BCUT2D eigenvalue weighted by Gasteiger charge is -2.04. The van der Waals surface area contributed by atoms with Gasteiger partial charge in [0.15, 0.2) is 0 Å². The fraction of sp³-hybridized carbons (Fsp3) is 0.167. The van der Waals surface area contributed by atoms with Crippen LogP contribution in [0.4, 0.5) is 0 Å². The molecule has 2 aromatic rings. The molecule has 0 aliphatic rings. The molecule has 0 fully saturated rings. The molecule has 0 amide bonds. The van der Waals surface area contributed by atoms with Crippen molar-refractivity contribution in [1.82, 2.24) is 9.97 Å². The van der Waals surface area contributed by atoms with Crippen molar-refractivity contribution < 1.29 is 14.4 Å². The number of rotatable bonds is 4. The van der Waals surface area contributed by atoms with Gasteiger partial charge in [-0.05, 0) is 18.6 Å². The average Bonchev–Trinajstić information content (AvgIpc) is 2.35. The van der Waals surface area contributed by atoms with Gasteiger partial charge < -0.3 is 19.8 Å². The molecule has 1 aromatic carbocycles. The standard InChI is InChI=1S/C12H12BrN2O5P/c13-8-5-7(3-1-2-4-21(18,19)20)10-9(6-8)14-11(16)12(17)15-10/h1,3,5-6H,2,4H2,(H,14,16)(H,15,17)(H2,18,19,20). The molecule has 0 saturated carbocycles. The second-order valence-electron chi connectivity index (χ2n) is 4.41. The number of nitrogens with one attached hydrogen (secondary N) is 2. The van der Waals surface area contributed by atoms with E-state index in [-0.39, 0.29) is 12.6 Å². The van der Waals surface area contributed by atoms with Gasteiger partial charge in [0.05, 0.1) is 17.2 Å². The van der Waals surface area contributed by atoms with Gasteiger partial charge in [0.2, 0.25) is 0 Å². The molecule has 2 rings (SSSR count). The van der Waals surface area contributed by atoms with Crippen LogP contribution >= 0.6 is 23.5 Å². The maximum Gasteiger partial charge on any atom is 0.325 e. The van der Waals surface area contributed by atoms with E-state index in [0.29, 0.717) is 21.1 Å². The van der Waals surface area contributed by atoms with E-state index in [1.807, 2.05) is 0 Å². The van der Waals surface area contributed by atoms with Gasteiger partial charge in [0, 0.05) is 10.0 Å². The third-order valence-corrected chi connectivity index (χ3v) is 4.01. The predicted octanol–water partition coefficient (Wildman–Crippen LogP) is 1.56. The molecule has 0 spiro atoms. The molecule has 0 unspecified atom stereocenters. The van der Waals surface area contributed by atoms with Gasteiger partial charge in [0.25, 0.3) is 0 Å². The van der Waals surface area contributed by atoms with Crippen molar-refractivity contribution in [3.8, 4) is 0 Å². The minimum Gasteiger partial charge on any atom is -0.324 e. The van der Waals surface area contributed by atoms with Crippen LogP contribution in [-0.2, 0) is 4.57 Å². The summed E-state index contributed by atoms with van der Waals surface area (Å²) in [6.45, 7) is 0. The molecule has 112 valence electrons. The minimum atomic E-state index is -4.02. The average molecular weight is 375 g/mol. The highest BCUT2D eigenvalue weighted by Gasteiger charge is 2.10. The fourth-order valence-corrected chi connectivity index (χ4v) is 2.76. The molecule has 1 heterocycles. The number of benzene rings is 1. The number of fused-ring (bicyclic) bond motifs is 1. The molecular formula is C12H12BrN2O5P. The van der Waals surface area contributed by atoms with Crippen LogP contribution in [-0.4, -0.2) is 25.9 Å². The Morgan fingerprint density at radius 2 is 1.86 bits per heavy atom. The van der Waals surface area contributed by atoms with E-state index < -0.39 is 18.7 Å². The predicted molar refractivity (Wildman–Crippen MR) is 83.5 cm³/mol. The number of hydrogen-bond donors (Lipinski definition) is 4. The molecule has 9 heteroatoms. The maximum atomic E-state index is 11.4. The molecule has 0 atom stereocenters. The van der Waals surface area contributed by atoms with Crippen molar-refractivity contribution in [3.05, 3.63) is 49.0 Å². The first-order valence-electron chi connectivity index (χ1n) is 5.93. The number of allylic oxidation sites excluding steroid dienone is 1. The second kappa shape index (κ2) is 6.11. The first kappa shape index (κ1) is 15.9. The molecular weight excluding hydrogens is 363 g/mol. The second-order valence-corrected chi connectivity index (χ2v) is 7.10. The number of hydrogen-bond acceptors (Lipinski definition) is 3. The Morgan fingerprint density at radius 1 is 1.19 bits per heavy atom. The normalized spacial score (nSPS) is 12.3. The van der Waals surface area contributed by atoms with Gasteiger partial charge in [-0.2, -0.15) is 0 Å². The van der Waals surface area contributed by atoms with E-state index in [1.54, 1.807) is 24.3 Å². The highest BCUT2D eigenvalue weighted by Crippen LogP contribution is 2.35. The number of halogens is 1. The lowest BCUT2D eigenvalue weighted by atomic mass is 10.1. The summed E-state index contributed by atoms with van der Waals surface area (Å²) in [5, 5.41) is 0. The minimum absolute atomic E-state index is 0.200. The summed E-state index contributed by atoms with van der Waals surface area (Å²) in [7, 11) is -4.02. The van der Waals surface area contributed by atoms with E-state index >= 15 is 0 Å². The van der Waals surface area contributed by atoms with Crippen molar-refractivity contribution in [2.24, 2.45) is 0 Å². The zero-order valence-electron chi connectivity index (χ0n) is 10.7. The monoisotopic (exact) mass is 374 g/mol. The van der Waals surface area contributed by atoms with Crippen molar-refractivity contribution in [3.63, 3.8) is 0 Å². The summed E-state index contributed by atoms with van der Waals surface area (Å²) >= 11 is 3.29. The quantitative estimate of drug-likeness (QED) is 0.477. The summed E-state index contributed by atoms with van der Waals surface area (Å²) in [4.78, 5) is 45.2. The Hall–Kier alpha value is -1.47. The lowest BCUT2D eigenvalue weighted by molar-refractivity contribution is 0.373. The molecule has 7 nitrogen and oxygen atoms in total. The van der Waals surface area contributed by atoms with Crippen LogP contribution in [0.2, 0.25) is 0 Å². The van der Waals surface area contributed by atoms with Crippen molar-refractivity contribution in [2.75, 3.05) is 6.16 Å².